The molecule has 0 N–H and O–H groups in total. The van der Waals surface area contributed by atoms with E-state index in [-0.39, 0.29) is 5.41 Å². The third-order valence-electron chi connectivity index (χ3n) is 2.63. The predicted octanol–water partition coefficient (Wildman–Crippen LogP) is 3.91. The van der Waals surface area contributed by atoms with Gasteiger partial charge in [0.15, 0.2) is 0 Å². The molecule has 0 fully saturated rings. The summed E-state index contributed by atoms with van der Waals surface area (Å²) >= 11 is 3.53. The molecule has 1 nitrogen and oxygen atoms in total. The number of fused-ring (bicyclic) bond motifs is 1. The quantitative estimate of drug-likeness (QED) is 0.749. The van der Waals surface area contributed by atoms with Gasteiger partial charge in [-0.2, -0.15) is 0 Å². The fourth-order valence-electron chi connectivity index (χ4n) is 1.51. The summed E-state index contributed by atoms with van der Waals surface area (Å²) in [6.45, 7) is 4.39. The lowest BCUT2D eigenvalue weighted by molar-refractivity contribution is 0.587. The van der Waals surface area contributed by atoms with Crippen LogP contribution in [0, 0.1) is 0 Å². The van der Waals surface area contributed by atoms with Crippen molar-refractivity contribution in [1.29, 1.82) is 0 Å². The van der Waals surface area contributed by atoms with Gasteiger partial charge >= 0.3 is 0 Å². The second-order valence-electron chi connectivity index (χ2n) is 4.41. The molecule has 0 aliphatic carbocycles. The minimum atomic E-state index is 0.0873. The van der Waals surface area contributed by atoms with Crippen LogP contribution in [0.5, 0.6) is 0 Å². The Bertz CT molecular complexity index is 477. The van der Waals surface area contributed by atoms with Gasteiger partial charge < -0.3 is 0 Å². The third kappa shape index (κ3) is 2.05. The molecule has 2 heteroatoms. The minimum Gasteiger partial charge on any atom is -0.252 e. The molecule has 2 rings (SSSR count). The van der Waals surface area contributed by atoms with Gasteiger partial charge in [-0.05, 0) is 12.1 Å². The zero-order chi connectivity index (χ0) is 10.9. The molecular formula is C13H14BrN. The summed E-state index contributed by atoms with van der Waals surface area (Å²) in [6.07, 6.45) is 0. The van der Waals surface area contributed by atoms with Gasteiger partial charge in [0.25, 0.3) is 0 Å². The van der Waals surface area contributed by atoms with Crippen molar-refractivity contribution >= 4 is 26.8 Å². The Kier molecular flexibility index (Phi) is 2.79. The fourth-order valence-corrected chi connectivity index (χ4v) is 1.80. The molecule has 78 valence electrons. The Morgan fingerprint density at radius 1 is 1.13 bits per heavy atom. The molecular weight excluding hydrogens is 250 g/mol. The van der Waals surface area contributed by atoms with Crippen LogP contribution in [0.4, 0.5) is 0 Å². The van der Waals surface area contributed by atoms with Gasteiger partial charge in [-0.3, -0.25) is 4.98 Å². The number of benzene rings is 1. The van der Waals surface area contributed by atoms with Gasteiger partial charge in [0.1, 0.15) is 0 Å². The maximum atomic E-state index is 4.69. The van der Waals surface area contributed by atoms with Crippen molar-refractivity contribution in [2.45, 2.75) is 19.3 Å². The Hall–Kier alpha value is -0.890. The van der Waals surface area contributed by atoms with Gasteiger partial charge in [-0.15, -0.1) is 0 Å². The molecule has 1 aromatic carbocycles. The molecule has 0 unspecified atom stereocenters. The molecule has 2 aromatic rings. The largest absolute Gasteiger partial charge is 0.252 e. The van der Waals surface area contributed by atoms with Gasteiger partial charge in [0.05, 0.1) is 5.52 Å². The van der Waals surface area contributed by atoms with Gasteiger partial charge in [-0.1, -0.05) is 54.0 Å². The van der Waals surface area contributed by atoms with Crippen molar-refractivity contribution < 1.29 is 0 Å². The molecule has 0 spiro atoms. The van der Waals surface area contributed by atoms with Crippen LogP contribution in [0.15, 0.2) is 36.4 Å². The van der Waals surface area contributed by atoms with E-state index in [1.807, 2.05) is 12.1 Å². The molecule has 1 aromatic heterocycles. The Morgan fingerprint density at radius 3 is 2.60 bits per heavy atom. The summed E-state index contributed by atoms with van der Waals surface area (Å²) in [5.74, 6) is 0. The molecule has 0 aliphatic rings. The number of aromatic nitrogens is 1. The number of halogens is 1. The first-order valence-corrected chi connectivity index (χ1v) is 6.18. The van der Waals surface area contributed by atoms with Crippen molar-refractivity contribution in [1.82, 2.24) is 4.98 Å². The van der Waals surface area contributed by atoms with Crippen molar-refractivity contribution in [3.05, 3.63) is 42.1 Å². The van der Waals surface area contributed by atoms with E-state index < -0.39 is 0 Å². The van der Waals surface area contributed by atoms with E-state index in [4.69, 9.17) is 0 Å². The SMILES string of the molecule is CC(C)(CBr)c1ccc2ccccc2n1. The molecule has 1 heterocycles. The topological polar surface area (TPSA) is 12.9 Å². The number of para-hydroxylation sites is 1. The molecule has 0 saturated heterocycles. The lowest BCUT2D eigenvalue weighted by atomic mass is 9.91. The predicted molar refractivity (Wildman–Crippen MR) is 68.6 cm³/mol. The Labute approximate surface area is 98.7 Å². The molecule has 0 atom stereocenters. The Balaban J connectivity index is 2.56. The molecule has 15 heavy (non-hydrogen) atoms. The number of alkyl halides is 1. The highest BCUT2D eigenvalue weighted by atomic mass is 79.9. The number of nitrogens with zero attached hydrogens (tertiary/aromatic N) is 1. The summed E-state index contributed by atoms with van der Waals surface area (Å²) in [5, 5.41) is 2.12. The van der Waals surface area contributed by atoms with Crippen LogP contribution < -0.4 is 0 Å². The highest BCUT2D eigenvalue weighted by Gasteiger charge is 2.20. The van der Waals surface area contributed by atoms with Crippen molar-refractivity contribution in [3.63, 3.8) is 0 Å². The smallest absolute Gasteiger partial charge is 0.0705 e. The third-order valence-corrected chi connectivity index (χ3v) is 4.03. The summed E-state index contributed by atoms with van der Waals surface area (Å²) < 4.78 is 0. The first-order chi connectivity index (χ1) is 7.13. The average Bonchev–Trinajstić information content (AvgIpc) is 2.28. The highest BCUT2D eigenvalue weighted by Crippen LogP contribution is 2.25. The maximum Gasteiger partial charge on any atom is 0.0705 e. The normalized spacial score (nSPS) is 11.9. The van der Waals surface area contributed by atoms with E-state index in [1.54, 1.807) is 0 Å². The van der Waals surface area contributed by atoms with Crippen LogP contribution in [-0.4, -0.2) is 10.3 Å². The number of hydrogen-bond acceptors (Lipinski definition) is 1. The fraction of sp³-hybridized carbons (Fsp3) is 0.308. The zero-order valence-electron chi connectivity index (χ0n) is 9.00. The summed E-state index contributed by atoms with van der Waals surface area (Å²) in [5.41, 5.74) is 2.30. The van der Waals surface area contributed by atoms with E-state index in [9.17, 15) is 0 Å². The van der Waals surface area contributed by atoms with E-state index in [2.05, 4.69) is 59.0 Å². The standard InChI is InChI=1S/C13H14BrN/c1-13(2,9-14)12-8-7-10-5-3-4-6-11(10)15-12/h3-8H,9H2,1-2H3. The summed E-state index contributed by atoms with van der Waals surface area (Å²) in [6, 6.07) is 12.5. The number of hydrogen-bond donors (Lipinski definition) is 0. The first kappa shape index (κ1) is 10.6. The van der Waals surface area contributed by atoms with Crippen LogP contribution in [0.1, 0.15) is 19.5 Å². The highest BCUT2D eigenvalue weighted by molar-refractivity contribution is 9.09. The lowest BCUT2D eigenvalue weighted by Crippen LogP contribution is -2.20. The van der Waals surface area contributed by atoms with E-state index in [0.29, 0.717) is 0 Å². The minimum absolute atomic E-state index is 0.0873. The van der Waals surface area contributed by atoms with E-state index in [1.165, 1.54) is 5.39 Å². The van der Waals surface area contributed by atoms with E-state index >= 15 is 0 Å². The molecule has 0 amide bonds. The van der Waals surface area contributed by atoms with Gasteiger partial charge in [-0.25, -0.2) is 0 Å². The average molecular weight is 264 g/mol. The van der Waals surface area contributed by atoms with Crippen molar-refractivity contribution in [2.24, 2.45) is 0 Å². The lowest BCUT2D eigenvalue weighted by Gasteiger charge is -2.21. The second kappa shape index (κ2) is 3.93. The van der Waals surface area contributed by atoms with Crippen LogP contribution in [0.2, 0.25) is 0 Å². The summed E-state index contributed by atoms with van der Waals surface area (Å²) in [4.78, 5) is 4.69. The second-order valence-corrected chi connectivity index (χ2v) is 4.97. The van der Waals surface area contributed by atoms with Gasteiger partial charge in [0, 0.05) is 21.8 Å². The van der Waals surface area contributed by atoms with Crippen LogP contribution in [0.3, 0.4) is 0 Å². The molecule has 0 bridgehead atoms. The molecule has 0 saturated carbocycles. The first-order valence-electron chi connectivity index (χ1n) is 5.06. The maximum absolute atomic E-state index is 4.69. The van der Waals surface area contributed by atoms with E-state index in [0.717, 1.165) is 16.5 Å². The Morgan fingerprint density at radius 2 is 1.87 bits per heavy atom. The summed E-state index contributed by atoms with van der Waals surface area (Å²) in [7, 11) is 0. The van der Waals surface area contributed by atoms with Crippen molar-refractivity contribution in [2.75, 3.05) is 5.33 Å². The number of rotatable bonds is 2. The molecule has 0 aliphatic heterocycles. The van der Waals surface area contributed by atoms with Gasteiger partial charge in [0.2, 0.25) is 0 Å². The van der Waals surface area contributed by atoms with Crippen molar-refractivity contribution in [3.8, 4) is 0 Å². The monoisotopic (exact) mass is 263 g/mol. The van der Waals surface area contributed by atoms with Crippen LogP contribution in [-0.2, 0) is 5.41 Å². The number of pyridine rings is 1. The molecule has 0 radical (unpaired) electrons. The van der Waals surface area contributed by atoms with Crippen LogP contribution in [0.25, 0.3) is 10.9 Å². The van der Waals surface area contributed by atoms with Crippen LogP contribution >= 0.6 is 15.9 Å². The zero-order valence-corrected chi connectivity index (χ0v) is 10.6.